The smallest absolute Gasteiger partial charge is 0.136 e. The van der Waals surface area contributed by atoms with Crippen LogP contribution in [0.15, 0.2) is 0 Å². The predicted molar refractivity (Wildman–Crippen MR) is 67.9 cm³/mol. The van der Waals surface area contributed by atoms with Gasteiger partial charge in [0.25, 0.3) is 0 Å². The molecule has 100 valence electrons. The summed E-state index contributed by atoms with van der Waals surface area (Å²) in [5.74, 6) is 1.00. The van der Waals surface area contributed by atoms with E-state index in [1.807, 2.05) is 0 Å². The average molecular weight is 242 g/mol. The number of ether oxygens (including phenoxy) is 1. The molecule has 0 aliphatic heterocycles. The van der Waals surface area contributed by atoms with E-state index >= 15 is 0 Å². The lowest BCUT2D eigenvalue weighted by Gasteiger charge is -2.27. The third-order valence-corrected chi connectivity index (χ3v) is 3.53. The van der Waals surface area contributed by atoms with Gasteiger partial charge in [0.15, 0.2) is 0 Å². The molecule has 0 heterocycles. The van der Waals surface area contributed by atoms with Crippen molar-refractivity contribution in [2.24, 2.45) is 11.8 Å². The van der Waals surface area contributed by atoms with E-state index in [1.165, 1.54) is 0 Å². The first-order valence-corrected chi connectivity index (χ1v) is 6.92. The third-order valence-electron chi connectivity index (χ3n) is 3.53. The van der Waals surface area contributed by atoms with Gasteiger partial charge in [-0.15, -0.1) is 0 Å². The molecule has 1 aliphatic carbocycles. The first kappa shape index (κ1) is 14.7. The number of carbonyl (C=O) groups is 1. The molecule has 1 aliphatic rings. The van der Waals surface area contributed by atoms with Gasteiger partial charge in [0.1, 0.15) is 5.78 Å². The molecule has 3 heteroatoms. The monoisotopic (exact) mass is 242 g/mol. The summed E-state index contributed by atoms with van der Waals surface area (Å²) in [6, 6.07) is 0. The van der Waals surface area contributed by atoms with Crippen LogP contribution in [0.3, 0.4) is 0 Å². The SMILES string of the molecule is CCCCOCC(O)CC1CC(C)CCC1=O. The molecule has 0 aromatic heterocycles. The third kappa shape index (κ3) is 5.64. The predicted octanol–water partition coefficient (Wildman–Crippen LogP) is 2.56. The second-order valence-corrected chi connectivity index (χ2v) is 5.36. The van der Waals surface area contributed by atoms with Crippen LogP contribution in [-0.4, -0.2) is 30.2 Å². The van der Waals surface area contributed by atoms with Crippen LogP contribution in [0.4, 0.5) is 0 Å². The van der Waals surface area contributed by atoms with Crippen molar-refractivity contribution in [2.45, 2.75) is 58.5 Å². The highest BCUT2D eigenvalue weighted by atomic mass is 16.5. The number of Topliss-reactive ketones (excluding diaryl/α,β-unsaturated/α-hetero) is 1. The quantitative estimate of drug-likeness (QED) is 0.698. The van der Waals surface area contributed by atoms with Crippen molar-refractivity contribution in [3.63, 3.8) is 0 Å². The molecular formula is C14H26O3. The minimum absolute atomic E-state index is 0.0588. The Morgan fingerprint density at radius 3 is 3.00 bits per heavy atom. The zero-order valence-corrected chi connectivity index (χ0v) is 11.2. The first-order valence-electron chi connectivity index (χ1n) is 6.92. The van der Waals surface area contributed by atoms with Gasteiger partial charge in [-0.05, 0) is 31.6 Å². The van der Waals surface area contributed by atoms with Gasteiger partial charge in [-0.25, -0.2) is 0 Å². The minimum atomic E-state index is -0.480. The van der Waals surface area contributed by atoms with E-state index in [0.29, 0.717) is 37.8 Å². The highest BCUT2D eigenvalue weighted by Crippen LogP contribution is 2.29. The van der Waals surface area contributed by atoms with Crippen molar-refractivity contribution in [1.82, 2.24) is 0 Å². The van der Waals surface area contributed by atoms with Crippen molar-refractivity contribution in [2.75, 3.05) is 13.2 Å². The maximum absolute atomic E-state index is 11.7. The maximum atomic E-state index is 11.7. The Morgan fingerprint density at radius 2 is 2.29 bits per heavy atom. The number of hydrogen-bond acceptors (Lipinski definition) is 3. The molecular weight excluding hydrogens is 216 g/mol. The molecule has 3 atom stereocenters. The lowest BCUT2D eigenvalue weighted by molar-refractivity contribution is -0.127. The first-order chi connectivity index (χ1) is 8.13. The molecule has 0 spiro atoms. The standard InChI is InChI=1S/C14H26O3/c1-3-4-7-17-10-13(15)9-12-8-11(2)5-6-14(12)16/h11-13,15H,3-10H2,1-2H3. The highest BCUT2D eigenvalue weighted by Gasteiger charge is 2.28. The highest BCUT2D eigenvalue weighted by molar-refractivity contribution is 5.81. The molecule has 0 aromatic carbocycles. The van der Waals surface area contributed by atoms with Gasteiger partial charge in [0.2, 0.25) is 0 Å². The van der Waals surface area contributed by atoms with Crippen LogP contribution in [0.1, 0.15) is 52.4 Å². The fourth-order valence-corrected chi connectivity index (χ4v) is 2.42. The van der Waals surface area contributed by atoms with Gasteiger partial charge in [-0.2, -0.15) is 0 Å². The summed E-state index contributed by atoms with van der Waals surface area (Å²) < 4.78 is 5.38. The Balaban J connectivity index is 2.19. The number of hydrogen-bond donors (Lipinski definition) is 1. The summed E-state index contributed by atoms with van der Waals surface area (Å²) in [5.41, 5.74) is 0. The molecule has 0 aromatic rings. The molecule has 0 bridgehead atoms. The number of unbranched alkanes of at least 4 members (excludes halogenated alkanes) is 1. The van der Waals surface area contributed by atoms with Crippen LogP contribution in [0.25, 0.3) is 0 Å². The van der Waals surface area contributed by atoms with Gasteiger partial charge < -0.3 is 9.84 Å². The van der Waals surface area contributed by atoms with E-state index in [4.69, 9.17) is 4.74 Å². The molecule has 3 nitrogen and oxygen atoms in total. The largest absolute Gasteiger partial charge is 0.391 e. The van der Waals surface area contributed by atoms with Crippen molar-refractivity contribution >= 4 is 5.78 Å². The van der Waals surface area contributed by atoms with E-state index < -0.39 is 6.10 Å². The molecule has 1 saturated carbocycles. The second-order valence-electron chi connectivity index (χ2n) is 5.36. The van der Waals surface area contributed by atoms with E-state index in [-0.39, 0.29) is 5.92 Å². The summed E-state index contributed by atoms with van der Waals surface area (Å²) in [5, 5.41) is 9.83. The van der Waals surface area contributed by atoms with Crippen molar-refractivity contribution < 1.29 is 14.6 Å². The summed E-state index contributed by atoms with van der Waals surface area (Å²) in [4.78, 5) is 11.7. The van der Waals surface area contributed by atoms with E-state index in [0.717, 1.165) is 25.7 Å². The van der Waals surface area contributed by atoms with Gasteiger partial charge >= 0.3 is 0 Å². The van der Waals surface area contributed by atoms with Crippen LogP contribution < -0.4 is 0 Å². The second kappa shape index (κ2) is 7.83. The maximum Gasteiger partial charge on any atom is 0.136 e. The van der Waals surface area contributed by atoms with E-state index in [1.54, 1.807) is 0 Å². The Morgan fingerprint density at radius 1 is 1.53 bits per heavy atom. The normalized spacial score (nSPS) is 27.1. The van der Waals surface area contributed by atoms with Crippen LogP contribution in [0, 0.1) is 11.8 Å². The van der Waals surface area contributed by atoms with E-state index in [2.05, 4.69) is 13.8 Å². The molecule has 1 rings (SSSR count). The number of rotatable bonds is 7. The molecule has 3 unspecified atom stereocenters. The number of aliphatic hydroxyl groups excluding tert-OH is 1. The summed E-state index contributed by atoms with van der Waals surface area (Å²) in [6.07, 6.45) is 4.88. The molecule has 1 fully saturated rings. The van der Waals surface area contributed by atoms with Gasteiger partial charge in [0.05, 0.1) is 12.7 Å². The molecule has 0 amide bonds. The minimum Gasteiger partial charge on any atom is -0.391 e. The van der Waals surface area contributed by atoms with Crippen LogP contribution in [0.5, 0.6) is 0 Å². The fraction of sp³-hybridized carbons (Fsp3) is 0.929. The molecule has 17 heavy (non-hydrogen) atoms. The fourth-order valence-electron chi connectivity index (χ4n) is 2.42. The van der Waals surface area contributed by atoms with Crippen molar-refractivity contribution in [3.8, 4) is 0 Å². The summed E-state index contributed by atoms with van der Waals surface area (Å²) in [7, 11) is 0. The van der Waals surface area contributed by atoms with Crippen LogP contribution in [-0.2, 0) is 9.53 Å². The zero-order valence-electron chi connectivity index (χ0n) is 11.2. The lowest BCUT2D eigenvalue weighted by Crippen LogP contribution is -2.29. The Labute approximate surface area is 105 Å². The lowest BCUT2D eigenvalue weighted by atomic mass is 9.79. The van der Waals surface area contributed by atoms with Crippen molar-refractivity contribution in [1.29, 1.82) is 0 Å². The van der Waals surface area contributed by atoms with Crippen molar-refractivity contribution in [3.05, 3.63) is 0 Å². The van der Waals surface area contributed by atoms with Crippen LogP contribution >= 0.6 is 0 Å². The number of carbonyl (C=O) groups excluding carboxylic acids is 1. The summed E-state index contributed by atoms with van der Waals surface area (Å²) in [6.45, 7) is 5.38. The van der Waals surface area contributed by atoms with Crippen LogP contribution in [0.2, 0.25) is 0 Å². The Kier molecular flexibility index (Phi) is 6.75. The molecule has 0 radical (unpaired) electrons. The topological polar surface area (TPSA) is 46.5 Å². The zero-order chi connectivity index (χ0) is 12.7. The molecule has 0 saturated heterocycles. The number of ketones is 1. The van der Waals surface area contributed by atoms with Gasteiger partial charge in [-0.1, -0.05) is 20.3 Å². The number of aliphatic hydroxyl groups is 1. The Hall–Kier alpha value is -0.410. The van der Waals surface area contributed by atoms with Gasteiger partial charge in [-0.3, -0.25) is 4.79 Å². The average Bonchev–Trinajstić information content (AvgIpc) is 2.29. The summed E-state index contributed by atoms with van der Waals surface area (Å²) >= 11 is 0. The molecule has 1 N–H and O–H groups in total. The van der Waals surface area contributed by atoms with Gasteiger partial charge in [0, 0.05) is 18.9 Å². The van der Waals surface area contributed by atoms with E-state index in [9.17, 15) is 9.90 Å². The Bertz CT molecular complexity index is 228.